The van der Waals surface area contributed by atoms with Crippen LogP contribution < -0.4 is 4.90 Å². The molecule has 6 heteroatoms. The van der Waals surface area contributed by atoms with Crippen molar-refractivity contribution in [2.75, 3.05) is 18.2 Å². The number of hydrogen-bond acceptors (Lipinski definition) is 3. The van der Waals surface area contributed by atoms with E-state index in [2.05, 4.69) is 13.0 Å². The van der Waals surface area contributed by atoms with Crippen molar-refractivity contribution in [1.82, 2.24) is 9.55 Å². The van der Waals surface area contributed by atoms with E-state index in [1.165, 1.54) is 0 Å². The summed E-state index contributed by atoms with van der Waals surface area (Å²) < 4.78 is 7.76. The molecule has 0 aliphatic heterocycles. The number of aryl methyl sites for hydroxylation is 2. The van der Waals surface area contributed by atoms with Gasteiger partial charge in [0.05, 0.1) is 16.7 Å². The maximum absolute atomic E-state index is 13.8. The molecule has 4 aromatic rings. The average molecular weight is 476 g/mol. The summed E-state index contributed by atoms with van der Waals surface area (Å²) in [6.07, 6.45) is 1.44. The van der Waals surface area contributed by atoms with Crippen molar-refractivity contribution < 1.29 is 9.53 Å². The highest BCUT2D eigenvalue weighted by Crippen LogP contribution is 2.27. The Hall–Kier alpha value is -3.15. The van der Waals surface area contributed by atoms with Crippen LogP contribution in [0.5, 0.6) is 0 Å². The minimum absolute atomic E-state index is 0.0297. The van der Waals surface area contributed by atoms with Crippen molar-refractivity contribution in [3.05, 3.63) is 94.3 Å². The number of carbonyl (C=O) groups is 1. The van der Waals surface area contributed by atoms with Crippen molar-refractivity contribution >= 4 is 34.2 Å². The van der Waals surface area contributed by atoms with Crippen LogP contribution in [-0.2, 0) is 28.9 Å². The van der Waals surface area contributed by atoms with Gasteiger partial charge in [0.1, 0.15) is 19.1 Å². The molecule has 5 nitrogen and oxygen atoms in total. The first-order chi connectivity index (χ1) is 16.5. The number of amides is 1. The fourth-order valence-electron chi connectivity index (χ4n) is 4.28. The van der Waals surface area contributed by atoms with Crippen LogP contribution in [0.1, 0.15) is 36.4 Å². The van der Waals surface area contributed by atoms with Crippen molar-refractivity contribution in [2.45, 2.75) is 40.2 Å². The van der Waals surface area contributed by atoms with Gasteiger partial charge in [-0.3, -0.25) is 9.69 Å². The molecule has 0 saturated heterocycles. The average Bonchev–Trinajstić information content (AvgIpc) is 3.18. The van der Waals surface area contributed by atoms with Crippen molar-refractivity contribution in [2.24, 2.45) is 0 Å². The molecule has 0 aliphatic rings. The van der Waals surface area contributed by atoms with Gasteiger partial charge >= 0.3 is 0 Å². The zero-order chi connectivity index (χ0) is 24.1. The lowest BCUT2D eigenvalue weighted by Crippen LogP contribution is -2.37. The van der Waals surface area contributed by atoms with Gasteiger partial charge in [0.15, 0.2) is 0 Å². The zero-order valence-corrected chi connectivity index (χ0v) is 20.7. The predicted octanol–water partition coefficient (Wildman–Crippen LogP) is 6.18. The van der Waals surface area contributed by atoms with Crippen LogP contribution in [0, 0.1) is 6.92 Å². The Bertz CT molecular complexity index is 1280. The van der Waals surface area contributed by atoms with Crippen molar-refractivity contribution in [3.8, 4) is 0 Å². The number of hydrogen-bond donors (Lipinski definition) is 0. The van der Waals surface area contributed by atoms with Crippen LogP contribution in [0.15, 0.2) is 66.7 Å². The van der Waals surface area contributed by atoms with E-state index in [9.17, 15) is 4.79 Å². The molecule has 0 unspecified atom stereocenters. The van der Waals surface area contributed by atoms with Gasteiger partial charge in [0.2, 0.25) is 5.91 Å². The number of anilines is 1. The third-order valence-corrected chi connectivity index (χ3v) is 6.25. The van der Waals surface area contributed by atoms with Crippen molar-refractivity contribution in [1.29, 1.82) is 0 Å². The number of carbonyl (C=O) groups excluding carboxylic acids is 1. The molecule has 176 valence electrons. The van der Waals surface area contributed by atoms with E-state index in [0.717, 1.165) is 45.7 Å². The highest BCUT2D eigenvalue weighted by Gasteiger charge is 2.23. The fourth-order valence-corrected chi connectivity index (χ4v) is 4.40. The van der Waals surface area contributed by atoms with Crippen LogP contribution in [-0.4, -0.2) is 28.8 Å². The summed E-state index contributed by atoms with van der Waals surface area (Å²) in [7, 11) is 0. The van der Waals surface area contributed by atoms with Gasteiger partial charge in [-0.2, -0.15) is 0 Å². The van der Waals surface area contributed by atoms with Gasteiger partial charge in [0, 0.05) is 18.1 Å². The predicted molar refractivity (Wildman–Crippen MR) is 139 cm³/mol. The number of imidazole rings is 1. The summed E-state index contributed by atoms with van der Waals surface area (Å²) in [5, 5.41) is 0.698. The maximum atomic E-state index is 13.8. The summed E-state index contributed by atoms with van der Waals surface area (Å²) in [5.74, 6) is 0.812. The van der Waals surface area contributed by atoms with Gasteiger partial charge < -0.3 is 9.30 Å². The van der Waals surface area contributed by atoms with Crippen LogP contribution in [0.25, 0.3) is 11.0 Å². The SMILES string of the molecule is CCOCN(C(=O)Cn1c(Cc2ccc(Cl)cc2)nc2ccccc21)c1c(C)cccc1CC. The number of benzene rings is 3. The Morgan fingerprint density at radius 3 is 2.53 bits per heavy atom. The number of nitrogens with zero attached hydrogens (tertiary/aromatic N) is 3. The Morgan fingerprint density at radius 2 is 1.79 bits per heavy atom. The minimum atomic E-state index is -0.0297. The van der Waals surface area contributed by atoms with E-state index in [0.29, 0.717) is 18.1 Å². The summed E-state index contributed by atoms with van der Waals surface area (Å²) in [6, 6.07) is 21.8. The number of halogens is 1. The standard InChI is InChI=1S/C28H30ClN3O2/c1-4-22-10-8-9-20(3)28(22)32(19-34-5-2)27(33)18-31-25-12-7-6-11-24(25)30-26(31)17-21-13-15-23(29)16-14-21/h6-16H,4-5,17-19H2,1-3H3. The highest BCUT2D eigenvalue weighted by atomic mass is 35.5. The lowest BCUT2D eigenvalue weighted by molar-refractivity contribution is -0.120. The quantitative estimate of drug-likeness (QED) is 0.271. The molecule has 0 fully saturated rings. The van der Waals surface area contributed by atoms with E-state index in [1.54, 1.807) is 4.90 Å². The van der Waals surface area contributed by atoms with E-state index >= 15 is 0 Å². The molecule has 0 saturated carbocycles. The monoisotopic (exact) mass is 475 g/mol. The second-order valence-electron chi connectivity index (χ2n) is 8.29. The lowest BCUT2D eigenvalue weighted by atomic mass is 10.0. The molecule has 1 heterocycles. The summed E-state index contributed by atoms with van der Waals surface area (Å²) in [6.45, 7) is 7.01. The van der Waals surface area contributed by atoms with E-state index < -0.39 is 0 Å². The first-order valence-corrected chi connectivity index (χ1v) is 12.0. The van der Waals surface area contributed by atoms with Gasteiger partial charge in [-0.1, -0.05) is 61.0 Å². The summed E-state index contributed by atoms with van der Waals surface area (Å²) in [4.78, 5) is 20.4. The van der Waals surface area contributed by atoms with Crippen molar-refractivity contribution in [3.63, 3.8) is 0 Å². The van der Waals surface area contributed by atoms with Gasteiger partial charge in [-0.05, 0) is 61.2 Å². The molecular formula is C28H30ClN3O2. The third kappa shape index (κ3) is 5.16. The van der Waals surface area contributed by atoms with E-state index in [-0.39, 0.29) is 19.2 Å². The number of fused-ring (bicyclic) bond motifs is 1. The van der Waals surface area contributed by atoms with Gasteiger partial charge in [0.25, 0.3) is 0 Å². The Kier molecular flexibility index (Phi) is 7.66. The fraction of sp³-hybridized carbons (Fsp3) is 0.286. The summed E-state index contributed by atoms with van der Waals surface area (Å²) in [5.41, 5.74) is 6.03. The van der Waals surface area contributed by atoms with Crippen LogP contribution in [0.3, 0.4) is 0 Å². The minimum Gasteiger partial charge on any atom is -0.361 e. The summed E-state index contributed by atoms with van der Waals surface area (Å²) >= 11 is 6.07. The molecule has 0 bridgehead atoms. The number of aromatic nitrogens is 2. The molecule has 0 N–H and O–H groups in total. The normalized spacial score (nSPS) is 11.2. The smallest absolute Gasteiger partial charge is 0.248 e. The molecule has 1 aromatic heterocycles. The Morgan fingerprint density at radius 1 is 1.03 bits per heavy atom. The molecule has 0 radical (unpaired) electrons. The number of ether oxygens (including phenoxy) is 1. The van der Waals surface area contributed by atoms with Crippen LogP contribution >= 0.6 is 11.6 Å². The van der Waals surface area contributed by atoms with E-state index in [1.807, 2.05) is 79.1 Å². The molecule has 0 spiro atoms. The molecule has 0 atom stereocenters. The van der Waals surface area contributed by atoms with Crippen LogP contribution in [0.2, 0.25) is 5.02 Å². The lowest BCUT2D eigenvalue weighted by Gasteiger charge is -2.27. The molecule has 3 aromatic carbocycles. The maximum Gasteiger partial charge on any atom is 0.248 e. The Labute approximate surface area is 205 Å². The first-order valence-electron chi connectivity index (χ1n) is 11.7. The number of rotatable bonds is 9. The molecular weight excluding hydrogens is 446 g/mol. The van der Waals surface area contributed by atoms with Gasteiger partial charge in [-0.15, -0.1) is 0 Å². The van der Waals surface area contributed by atoms with Crippen LogP contribution in [0.4, 0.5) is 5.69 Å². The number of para-hydroxylation sites is 3. The molecule has 4 rings (SSSR count). The molecule has 34 heavy (non-hydrogen) atoms. The first kappa shape index (κ1) is 24.0. The zero-order valence-electron chi connectivity index (χ0n) is 19.9. The van der Waals surface area contributed by atoms with Gasteiger partial charge in [-0.25, -0.2) is 4.98 Å². The second kappa shape index (κ2) is 10.9. The molecule has 0 aliphatic carbocycles. The largest absolute Gasteiger partial charge is 0.361 e. The molecule has 1 amide bonds. The Balaban J connectivity index is 1.72. The topological polar surface area (TPSA) is 47.4 Å². The highest BCUT2D eigenvalue weighted by molar-refractivity contribution is 6.30. The van der Waals surface area contributed by atoms with E-state index in [4.69, 9.17) is 21.3 Å². The third-order valence-electron chi connectivity index (χ3n) is 6.00. The second-order valence-corrected chi connectivity index (χ2v) is 8.72.